The van der Waals surface area contributed by atoms with E-state index < -0.39 is 17.7 Å². The van der Waals surface area contributed by atoms with Crippen molar-refractivity contribution < 1.29 is 19.4 Å². The molecule has 1 fully saturated rings. The van der Waals surface area contributed by atoms with E-state index in [2.05, 4.69) is 4.98 Å². The fraction of sp³-hybridized carbons (Fsp3) is 0.192. The predicted octanol–water partition coefficient (Wildman–Crippen LogP) is 4.68. The molecule has 3 aromatic rings. The molecule has 2 aliphatic rings. The Kier molecular flexibility index (Phi) is 5.38. The molecule has 0 aliphatic carbocycles. The topological polar surface area (TPSA) is 79.7 Å². The molecule has 6 nitrogen and oxygen atoms in total. The van der Waals surface area contributed by atoms with Gasteiger partial charge in [0.15, 0.2) is 0 Å². The fourth-order valence-corrected chi connectivity index (χ4v) is 4.67. The molecule has 2 aromatic carbocycles. The molecule has 5 rings (SSSR count). The SMILES string of the molecule is C[C@@H]1Cc2cc(/C(O)=C3\C(=O)C(=O)N(Cc4ccncc4)[C@H]3c3cccc(Cl)c3)ccc2O1. The smallest absolute Gasteiger partial charge is 0.295 e. The number of halogens is 1. The molecule has 7 heteroatoms. The second kappa shape index (κ2) is 8.37. The van der Waals surface area contributed by atoms with Gasteiger partial charge in [0.25, 0.3) is 11.7 Å². The third kappa shape index (κ3) is 3.87. The molecule has 0 saturated carbocycles. The standard InChI is InChI=1S/C26H21ClN2O4/c1-15-11-19-12-18(5-6-21(19)33-15)24(30)22-23(17-3-2-4-20(27)13-17)29(26(32)25(22)31)14-16-7-9-28-10-8-16/h2-10,12-13,15,23,30H,11,14H2,1H3/b24-22+/t15-,23+/m1/s1. The van der Waals surface area contributed by atoms with Gasteiger partial charge in [-0.15, -0.1) is 0 Å². The molecular formula is C26H21ClN2O4. The average Bonchev–Trinajstić information content (AvgIpc) is 3.30. The number of likely N-dealkylation sites (tertiary alicyclic amines) is 1. The summed E-state index contributed by atoms with van der Waals surface area (Å²) >= 11 is 6.24. The lowest BCUT2D eigenvalue weighted by molar-refractivity contribution is -0.140. The van der Waals surface area contributed by atoms with E-state index in [1.165, 1.54) is 4.90 Å². The van der Waals surface area contributed by atoms with Crippen molar-refractivity contribution in [1.29, 1.82) is 0 Å². The Bertz CT molecular complexity index is 1290. The van der Waals surface area contributed by atoms with Gasteiger partial charge in [0.1, 0.15) is 17.6 Å². The number of nitrogens with zero attached hydrogens (tertiary/aromatic N) is 2. The summed E-state index contributed by atoms with van der Waals surface area (Å²) in [5.41, 5.74) is 2.94. The number of Topliss-reactive ketones (excluding diaryl/α,β-unsaturated/α-hetero) is 1. The number of carbonyl (C=O) groups excluding carboxylic acids is 2. The molecule has 0 unspecified atom stereocenters. The Morgan fingerprint density at radius 1 is 1.15 bits per heavy atom. The van der Waals surface area contributed by atoms with E-state index in [9.17, 15) is 14.7 Å². The normalized spacial score (nSPS) is 21.2. The van der Waals surface area contributed by atoms with Gasteiger partial charge in [-0.05, 0) is 66.1 Å². The predicted molar refractivity (Wildman–Crippen MR) is 124 cm³/mol. The Balaban J connectivity index is 1.64. The molecule has 1 aromatic heterocycles. The van der Waals surface area contributed by atoms with Crippen LogP contribution >= 0.6 is 11.6 Å². The number of aliphatic hydroxyl groups excluding tert-OH is 1. The van der Waals surface area contributed by atoms with Gasteiger partial charge in [-0.25, -0.2) is 0 Å². The minimum atomic E-state index is -0.778. The van der Waals surface area contributed by atoms with Gasteiger partial charge in [0.2, 0.25) is 0 Å². The van der Waals surface area contributed by atoms with E-state index in [1.807, 2.05) is 13.0 Å². The molecule has 0 spiro atoms. The van der Waals surface area contributed by atoms with Crippen molar-refractivity contribution in [1.82, 2.24) is 9.88 Å². The molecule has 1 amide bonds. The first kappa shape index (κ1) is 21.2. The monoisotopic (exact) mass is 460 g/mol. The van der Waals surface area contributed by atoms with Gasteiger partial charge in [0.05, 0.1) is 11.6 Å². The van der Waals surface area contributed by atoms with Gasteiger partial charge in [-0.1, -0.05) is 23.7 Å². The van der Waals surface area contributed by atoms with E-state index in [0.29, 0.717) is 22.6 Å². The Morgan fingerprint density at radius 3 is 2.70 bits per heavy atom. The number of hydrogen-bond donors (Lipinski definition) is 1. The lowest BCUT2D eigenvalue weighted by Crippen LogP contribution is -2.29. The van der Waals surface area contributed by atoms with Crippen molar-refractivity contribution in [3.05, 3.63) is 99.8 Å². The van der Waals surface area contributed by atoms with Gasteiger partial charge in [-0.3, -0.25) is 14.6 Å². The van der Waals surface area contributed by atoms with Crippen molar-refractivity contribution in [3.8, 4) is 5.75 Å². The molecule has 2 atom stereocenters. The minimum absolute atomic E-state index is 0.0447. The number of aliphatic hydroxyl groups is 1. The summed E-state index contributed by atoms with van der Waals surface area (Å²) in [4.78, 5) is 31.8. The van der Waals surface area contributed by atoms with Crippen LogP contribution in [0.4, 0.5) is 0 Å². The highest BCUT2D eigenvalue weighted by molar-refractivity contribution is 6.46. The highest BCUT2D eigenvalue weighted by Crippen LogP contribution is 2.41. The minimum Gasteiger partial charge on any atom is -0.507 e. The molecule has 3 heterocycles. The van der Waals surface area contributed by atoms with Crippen molar-refractivity contribution in [2.75, 3.05) is 0 Å². The molecule has 33 heavy (non-hydrogen) atoms. The van der Waals surface area contributed by atoms with Crippen LogP contribution in [0.2, 0.25) is 5.02 Å². The molecule has 0 radical (unpaired) electrons. The van der Waals surface area contributed by atoms with Crippen molar-refractivity contribution in [2.24, 2.45) is 0 Å². The molecule has 1 saturated heterocycles. The largest absolute Gasteiger partial charge is 0.507 e. The van der Waals surface area contributed by atoms with Gasteiger partial charge in [-0.2, -0.15) is 0 Å². The number of ether oxygens (including phenoxy) is 1. The third-order valence-corrected chi connectivity index (χ3v) is 6.21. The number of pyridine rings is 1. The van der Waals surface area contributed by atoms with Crippen LogP contribution in [-0.4, -0.2) is 32.8 Å². The van der Waals surface area contributed by atoms with Crippen LogP contribution in [0.15, 0.2) is 72.6 Å². The maximum atomic E-state index is 13.2. The van der Waals surface area contributed by atoms with Gasteiger partial charge in [0, 0.05) is 35.9 Å². The summed E-state index contributed by atoms with van der Waals surface area (Å²) in [5.74, 6) is -0.838. The van der Waals surface area contributed by atoms with Crippen LogP contribution in [0.5, 0.6) is 5.75 Å². The summed E-state index contributed by atoms with van der Waals surface area (Å²) in [6.07, 6.45) is 4.03. The Morgan fingerprint density at radius 2 is 1.94 bits per heavy atom. The van der Waals surface area contributed by atoms with Crippen LogP contribution in [0.1, 0.15) is 35.2 Å². The highest BCUT2D eigenvalue weighted by Gasteiger charge is 2.46. The van der Waals surface area contributed by atoms with Crippen molar-refractivity contribution in [3.63, 3.8) is 0 Å². The number of benzene rings is 2. The maximum absolute atomic E-state index is 13.2. The van der Waals surface area contributed by atoms with Crippen LogP contribution in [-0.2, 0) is 22.6 Å². The zero-order valence-corrected chi connectivity index (χ0v) is 18.6. The number of hydrogen-bond acceptors (Lipinski definition) is 5. The summed E-state index contributed by atoms with van der Waals surface area (Å²) in [6, 6.07) is 15.1. The number of fused-ring (bicyclic) bond motifs is 1. The van der Waals surface area contributed by atoms with E-state index >= 15 is 0 Å². The number of carbonyl (C=O) groups is 2. The second-order valence-corrected chi connectivity index (χ2v) is 8.73. The highest BCUT2D eigenvalue weighted by atomic mass is 35.5. The second-order valence-electron chi connectivity index (χ2n) is 8.29. The number of ketones is 1. The Labute approximate surface area is 196 Å². The summed E-state index contributed by atoms with van der Waals surface area (Å²) in [7, 11) is 0. The third-order valence-electron chi connectivity index (χ3n) is 5.98. The number of aromatic nitrogens is 1. The first-order valence-electron chi connectivity index (χ1n) is 10.6. The molecule has 2 aliphatic heterocycles. The van der Waals surface area contributed by atoms with Crippen LogP contribution in [0.25, 0.3) is 5.76 Å². The summed E-state index contributed by atoms with van der Waals surface area (Å²) in [5, 5.41) is 11.8. The molecule has 166 valence electrons. The summed E-state index contributed by atoms with van der Waals surface area (Å²) < 4.78 is 5.75. The lowest BCUT2D eigenvalue weighted by atomic mass is 9.94. The van der Waals surface area contributed by atoms with Gasteiger partial charge >= 0.3 is 0 Å². The Hall–Kier alpha value is -3.64. The molecular weight excluding hydrogens is 440 g/mol. The first-order valence-corrected chi connectivity index (χ1v) is 11.0. The van der Waals surface area contributed by atoms with E-state index in [1.54, 1.807) is 60.9 Å². The van der Waals surface area contributed by atoms with E-state index in [0.717, 1.165) is 16.9 Å². The molecule has 0 bridgehead atoms. The molecule has 1 N–H and O–H groups in total. The zero-order valence-electron chi connectivity index (χ0n) is 17.9. The van der Waals surface area contributed by atoms with Crippen molar-refractivity contribution >= 4 is 29.1 Å². The average molecular weight is 461 g/mol. The van der Waals surface area contributed by atoms with Crippen molar-refractivity contribution in [2.45, 2.75) is 32.0 Å². The maximum Gasteiger partial charge on any atom is 0.295 e. The van der Waals surface area contributed by atoms with Crippen LogP contribution in [0.3, 0.4) is 0 Å². The van der Waals surface area contributed by atoms with Crippen LogP contribution in [0, 0.1) is 0 Å². The fourth-order valence-electron chi connectivity index (χ4n) is 4.48. The first-order chi connectivity index (χ1) is 15.9. The van der Waals surface area contributed by atoms with E-state index in [4.69, 9.17) is 16.3 Å². The van der Waals surface area contributed by atoms with Gasteiger partial charge < -0.3 is 14.7 Å². The van der Waals surface area contributed by atoms with E-state index in [-0.39, 0.29) is 24.0 Å². The quantitative estimate of drug-likeness (QED) is 0.347. The lowest BCUT2D eigenvalue weighted by Gasteiger charge is -2.25. The summed E-state index contributed by atoms with van der Waals surface area (Å²) in [6.45, 7) is 2.17. The zero-order chi connectivity index (χ0) is 23.1. The number of amides is 1. The van der Waals surface area contributed by atoms with Crippen LogP contribution < -0.4 is 4.74 Å². The number of rotatable bonds is 4.